The molecule has 84 valence electrons. The van der Waals surface area contributed by atoms with Crippen molar-refractivity contribution in [2.75, 3.05) is 5.32 Å². The Morgan fingerprint density at radius 1 is 1.60 bits per heavy atom. The van der Waals surface area contributed by atoms with Crippen LogP contribution in [-0.2, 0) is 16.8 Å². The maximum absolute atomic E-state index is 10.5. The van der Waals surface area contributed by atoms with Crippen molar-refractivity contribution in [2.24, 2.45) is 0 Å². The molecule has 0 amide bonds. The van der Waals surface area contributed by atoms with E-state index in [9.17, 15) is 8.76 Å². The average molecular weight is 228 g/mol. The van der Waals surface area contributed by atoms with Gasteiger partial charge in [0.1, 0.15) is 11.6 Å². The van der Waals surface area contributed by atoms with Crippen LogP contribution in [0.3, 0.4) is 0 Å². The molecule has 0 aliphatic carbocycles. The number of aryl methyl sites for hydroxylation is 1. The van der Waals surface area contributed by atoms with Gasteiger partial charge in [-0.15, -0.1) is 0 Å². The summed E-state index contributed by atoms with van der Waals surface area (Å²) >= 11 is -2.15. The van der Waals surface area contributed by atoms with Crippen LogP contribution in [0.5, 0.6) is 0 Å². The maximum atomic E-state index is 10.5. The van der Waals surface area contributed by atoms with Gasteiger partial charge >= 0.3 is 0 Å². The van der Waals surface area contributed by atoms with Gasteiger partial charge < -0.3 is 9.87 Å². The molecule has 0 bridgehead atoms. The van der Waals surface area contributed by atoms with Gasteiger partial charge in [0.25, 0.3) is 0 Å². The van der Waals surface area contributed by atoms with E-state index in [1.54, 1.807) is 6.20 Å². The van der Waals surface area contributed by atoms with Crippen LogP contribution in [0.1, 0.15) is 25.2 Å². The number of nitrogens with zero attached hydrogens (tertiary/aromatic N) is 2. The van der Waals surface area contributed by atoms with Crippen molar-refractivity contribution in [1.82, 2.24) is 9.97 Å². The molecule has 1 heterocycles. The van der Waals surface area contributed by atoms with Crippen LogP contribution < -0.4 is 5.32 Å². The summed E-state index contributed by atoms with van der Waals surface area (Å²) in [6, 6.07) is 0.254. The molecular weight excluding hydrogens is 214 g/mol. The highest BCUT2D eigenvalue weighted by Crippen LogP contribution is 2.11. The van der Waals surface area contributed by atoms with Crippen molar-refractivity contribution in [3.05, 3.63) is 17.6 Å². The predicted molar refractivity (Wildman–Crippen MR) is 58.2 cm³/mol. The number of nitrogens with one attached hydrogen (secondary N) is 1. The lowest BCUT2D eigenvalue weighted by atomic mass is 10.3. The van der Waals surface area contributed by atoms with Gasteiger partial charge in [0.05, 0.1) is 5.75 Å². The molecule has 0 radical (unpaired) electrons. The molecule has 1 aromatic heterocycles. The van der Waals surface area contributed by atoms with Crippen molar-refractivity contribution in [1.29, 1.82) is 0 Å². The van der Waals surface area contributed by atoms with E-state index >= 15 is 0 Å². The Labute approximate surface area is 91.6 Å². The third-order valence-electron chi connectivity index (χ3n) is 1.69. The number of rotatable bonds is 4. The molecule has 1 N–H and O–H groups in total. The first kappa shape index (κ1) is 12.1. The monoisotopic (exact) mass is 228 g/mol. The van der Waals surface area contributed by atoms with Crippen molar-refractivity contribution in [2.45, 2.75) is 32.6 Å². The molecule has 15 heavy (non-hydrogen) atoms. The zero-order valence-electron chi connectivity index (χ0n) is 8.98. The summed E-state index contributed by atoms with van der Waals surface area (Å²) in [5.74, 6) is 0.866. The molecule has 0 spiro atoms. The second-order valence-electron chi connectivity index (χ2n) is 3.56. The Kier molecular flexibility index (Phi) is 4.16. The maximum Gasteiger partial charge on any atom is 0.141 e. The lowest BCUT2D eigenvalue weighted by molar-refractivity contribution is 0.535. The summed E-state index contributed by atoms with van der Waals surface area (Å²) < 4.78 is 21.0. The molecule has 0 saturated carbocycles. The van der Waals surface area contributed by atoms with Crippen LogP contribution in [0.2, 0.25) is 0 Å². The highest BCUT2D eigenvalue weighted by Gasteiger charge is 2.04. The van der Waals surface area contributed by atoms with Crippen LogP contribution in [0, 0.1) is 6.92 Å². The lowest BCUT2D eigenvalue weighted by Crippen LogP contribution is -2.14. The Morgan fingerprint density at radius 3 is 2.80 bits per heavy atom. The number of hydrogen-bond donors (Lipinski definition) is 1. The lowest BCUT2D eigenvalue weighted by Gasteiger charge is -2.12. The second-order valence-corrected chi connectivity index (χ2v) is 4.46. The summed E-state index contributed by atoms with van der Waals surface area (Å²) in [6.45, 7) is 5.86. The first-order valence-corrected chi connectivity index (χ1v) is 5.88. The highest BCUT2D eigenvalue weighted by atomic mass is 32.2. The molecule has 0 aliphatic rings. The highest BCUT2D eigenvalue weighted by molar-refractivity contribution is 7.78. The first-order valence-electron chi connectivity index (χ1n) is 4.64. The smallest absolute Gasteiger partial charge is 0.141 e. The Morgan fingerprint density at radius 2 is 2.27 bits per heavy atom. The van der Waals surface area contributed by atoms with E-state index < -0.39 is 11.1 Å². The van der Waals surface area contributed by atoms with Gasteiger partial charge in [-0.3, -0.25) is 4.21 Å². The van der Waals surface area contributed by atoms with Crippen LogP contribution in [0.15, 0.2) is 6.20 Å². The van der Waals surface area contributed by atoms with Crippen LogP contribution >= 0.6 is 0 Å². The minimum atomic E-state index is -2.15. The molecular formula is C9H14N3O2S-. The van der Waals surface area contributed by atoms with Gasteiger partial charge in [-0.2, -0.15) is 0 Å². The van der Waals surface area contributed by atoms with Crippen molar-refractivity contribution < 1.29 is 8.76 Å². The molecule has 1 aromatic rings. The topological polar surface area (TPSA) is 77.9 Å². The molecule has 6 heteroatoms. The summed E-state index contributed by atoms with van der Waals surface area (Å²) in [7, 11) is 0. The molecule has 1 atom stereocenters. The van der Waals surface area contributed by atoms with Crippen LogP contribution in [-0.4, -0.2) is 24.8 Å². The Bertz CT molecular complexity index is 368. The van der Waals surface area contributed by atoms with Crippen molar-refractivity contribution >= 4 is 16.9 Å². The Balaban J connectivity index is 2.89. The van der Waals surface area contributed by atoms with Crippen LogP contribution in [0.25, 0.3) is 0 Å². The average Bonchev–Trinajstić information content (AvgIpc) is 2.09. The zero-order valence-corrected chi connectivity index (χ0v) is 9.80. The van der Waals surface area contributed by atoms with E-state index in [4.69, 9.17) is 0 Å². The van der Waals surface area contributed by atoms with E-state index in [0.29, 0.717) is 11.6 Å². The van der Waals surface area contributed by atoms with E-state index in [-0.39, 0.29) is 11.8 Å². The normalized spacial score (nSPS) is 12.9. The summed E-state index contributed by atoms with van der Waals surface area (Å²) in [5.41, 5.74) is 0.907. The van der Waals surface area contributed by atoms with Gasteiger partial charge in [-0.05, 0) is 31.9 Å². The van der Waals surface area contributed by atoms with E-state index in [2.05, 4.69) is 15.3 Å². The van der Waals surface area contributed by atoms with Crippen molar-refractivity contribution in [3.8, 4) is 0 Å². The first-order chi connectivity index (χ1) is 6.99. The van der Waals surface area contributed by atoms with E-state index in [1.807, 2.05) is 20.8 Å². The van der Waals surface area contributed by atoms with Gasteiger partial charge in [0.15, 0.2) is 0 Å². The minimum Gasteiger partial charge on any atom is -0.772 e. The number of anilines is 1. The largest absolute Gasteiger partial charge is 0.772 e. The minimum absolute atomic E-state index is 0.146. The molecule has 0 aliphatic heterocycles. The predicted octanol–water partition coefficient (Wildman–Crippen LogP) is 0.984. The van der Waals surface area contributed by atoms with Gasteiger partial charge in [-0.25, -0.2) is 9.97 Å². The fourth-order valence-electron chi connectivity index (χ4n) is 1.07. The van der Waals surface area contributed by atoms with Gasteiger partial charge in [0, 0.05) is 17.8 Å². The SMILES string of the molecule is Cc1cnc(CS(=O)[O-])nc1NC(C)C. The molecule has 0 saturated heterocycles. The van der Waals surface area contributed by atoms with Gasteiger partial charge in [-0.1, -0.05) is 0 Å². The zero-order chi connectivity index (χ0) is 11.4. The van der Waals surface area contributed by atoms with Gasteiger partial charge in [0.2, 0.25) is 0 Å². The third kappa shape index (κ3) is 3.93. The van der Waals surface area contributed by atoms with Crippen LogP contribution in [0.4, 0.5) is 5.82 Å². The standard InChI is InChI=1S/C9H15N3O2S/c1-6(2)11-9-7(3)4-10-8(12-9)5-15(13)14/h4,6H,5H2,1-3H3,(H,13,14)(H,10,11,12)/p-1. The fraction of sp³-hybridized carbons (Fsp3) is 0.556. The van der Waals surface area contributed by atoms with E-state index in [0.717, 1.165) is 5.56 Å². The summed E-state index contributed by atoms with van der Waals surface area (Å²) in [4.78, 5) is 8.08. The number of hydrogen-bond acceptors (Lipinski definition) is 5. The molecule has 1 rings (SSSR count). The Hall–Kier alpha value is -1.01. The molecule has 5 nitrogen and oxygen atoms in total. The quantitative estimate of drug-likeness (QED) is 0.777. The summed E-state index contributed by atoms with van der Waals surface area (Å²) in [6.07, 6.45) is 1.62. The van der Waals surface area contributed by atoms with Crippen molar-refractivity contribution in [3.63, 3.8) is 0 Å². The molecule has 0 aromatic carbocycles. The third-order valence-corrected chi connectivity index (χ3v) is 2.19. The van der Waals surface area contributed by atoms with E-state index in [1.165, 1.54) is 0 Å². The molecule has 1 unspecified atom stereocenters. The molecule has 0 fully saturated rings. The summed E-state index contributed by atoms with van der Waals surface area (Å²) in [5, 5.41) is 3.13. The fourth-order valence-corrected chi connectivity index (χ4v) is 1.42. The number of aromatic nitrogens is 2. The second kappa shape index (κ2) is 5.18.